The van der Waals surface area contributed by atoms with Crippen LogP contribution in [0.25, 0.3) is 11.3 Å². The first-order valence-corrected chi connectivity index (χ1v) is 5.77. The summed E-state index contributed by atoms with van der Waals surface area (Å²) in [6.45, 7) is 5.63. The predicted molar refractivity (Wildman–Crippen MR) is 70.0 cm³/mol. The zero-order valence-electron chi connectivity index (χ0n) is 10.7. The summed E-state index contributed by atoms with van der Waals surface area (Å²) >= 11 is 0. The molecule has 1 heterocycles. The molecule has 18 heavy (non-hydrogen) atoms. The lowest BCUT2D eigenvalue weighted by Gasteiger charge is -2.17. The summed E-state index contributed by atoms with van der Waals surface area (Å²) in [5, 5.41) is 2.88. The number of carbonyl (C=O) groups excluding carboxylic acids is 1. The van der Waals surface area contributed by atoms with E-state index in [-0.39, 0.29) is 5.91 Å². The Morgan fingerprint density at radius 2 is 2.11 bits per heavy atom. The maximum Gasteiger partial charge on any atom is 0.229 e. The van der Waals surface area contributed by atoms with E-state index in [1.807, 2.05) is 45.0 Å². The van der Waals surface area contributed by atoms with Gasteiger partial charge in [0.15, 0.2) is 12.2 Å². The number of nitrogens with one attached hydrogen (secondary N) is 1. The summed E-state index contributed by atoms with van der Waals surface area (Å²) in [6.07, 6.45) is 3.03. The molecule has 2 rings (SSSR count). The lowest BCUT2D eigenvalue weighted by Crippen LogP contribution is -2.27. The Morgan fingerprint density at radius 1 is 1.33 bits per heavy atom. The number of benzene rings is 1. The number of anilines is 1. The molecule has 0 saturated heterocycles. The summed E-state index contributed by atoms with van der Waals surface area (Å²) in [5.74, 6) is 0.666. The molecule has 1 aromatic carbocycles. The molecule has 2 aromatic rings. The van der Waals surface area contributed by atoms with Crippen LogP contribution < -0.4 is 5.32 Å². The van der Waals surface area contributed by atoms with E-state index in [9.17, 15) is 4.79 Å². The van der Waals surface area contributed by atoms with Gasteiger partial charge in [-0.25, -0.2) is 4.98 Å². The quantitative estimate of drug-likeness (QED) is 0.881. The Bertz CT molecular complexity index is 539. The van der Waals surface area contributed by atoms with Crippen molar-refractivity contribution in [3.8, 4) is 11.3 Å². The molecule has 0 unspecified atom stereocenters. The minimum atomic E-state index is -0.414. The maximum absolute atomic E-state index is 11.9. The zero-order valence-corrected chi connectivity index (χ0v) is 10.7. The Balaban J connectivity index is 2.21. The molecule has 1 amide bonds. The van der Waals surface area contributed by atoms with Gasteiger partial charge in [0.25, 0.3) is 0 Å². The summed E-state index contributed by atoms with van der Waals surface area (Å²) in [5.41, 5.74) is 1.23. The van der Waals surface area contributed by atoms with Crippen LogP contribution in [0, 0.1) is 5.41 Å². The van der Waals surface area contributed by atoms with Crippen LogP contribution in [0.2, 0.25) is 0 Å². The average molecular weight is 244 g/mol. The molecule has 0 aliphatic carbocycles. The van der Waals surface area contributed by atoms with Crippen molar-refractivity contribution in [1.29, 1.82) is 0 Å². The molecule has 94 valence electrons. The largest absolute Gasteiger partial charge is 0.444 e. The third-order valence-corrected chi connectivity index (χ3v) is 2.52. The van der Waals surface area contributed by atoms with Crippen molar-refractivity contribution < 1.29 is 9.21 Å². The highest BCUT2D eigenvalue weighted by atomic mass is 16.3. The van der Waals surface area contributed by atoms with Crippen molar-refractivity contribution in [2.45, 2.75) is 20.8 Å². The molecule has 0 spiro atoms. The fourth-order valence-electron chi connectivity index (χ4n) is 1.43. The van der Waals surface area contributed by atoms with Gasteiger partial charge in [-0.1, -0.05) is 32.9 Å². The van der Waals surface area contributed by atoms with Crippen LogP contribution in [0.5, 0.6) is 0 Å². The first kappa shape index (κ1) is 12.4. The van der Waals surface area contributed by atoms with Gasteiger partial charge in [0.1, 0.15) is 0 Å². The van der Waals surface area contributed by atoms with Crippen LogP contribution in [-0.4, -0.2) is 10.9 Å². The summed E-state index contributed by atoms with van der Waals surface area (Å²) in [4.78, 5) is 15.8. The smallest absolute Gasteiger partial charge is 0.229 e. The number of amides is 1. The van der Waals surface area contributed by atoms with Gasteiger partial charge in [0.05, 0.1) is 6.20 Å². The van der Waals surface area contributed by atoms with Gasteiger partial charge in [-0.2, -0.15) is 0 Å². The van der Waals surface area contributed by atoms with Gasteiger partial charge in [-0.3, -0.25) is 4.79 Å². The molecular weight excluding hydrogens is 228 g/mol. The van der Waals surface area contributed by atoms with E-state index in [2.05, 4.69) is 10.3 Å². The van der Waals surface area contributed by atoms with Crippen molar-refractivity contribution in [3.05, 3.63) is 36.9 Å². The highest BCUT2D eigenvalue weighted by molar-refractivity contribution is 5.94. The molecular formula is C14H16N2O2. The lowest BCUT2D eigenvalue weighted by molar-refractivity contribution is -0.123. The molecule has 0 aliphatic heterocycles. The van der Waals surface area contributed by atoms with Gasteiger partial charge in [-0.05, 0) is 12.1 Å². The molecule has 0 saturated carbocycles. The first-order valence-electron chi connectivity index (χ1n) is 5.77. The minimum Gasteiger partial charge on any atom is -0.444 e. The predicted octanol–water partition coefficient (Wildman–Crippen LogP) is 3.33. The topological polar surface area (TPSA) is 55.1 Å². The lowest BCUT2D eigenvalue weighted by atomic mass is 9.95. The Hall–Kier alpha value is -2.10. The number of rotatable bonds is 2. The highest BCUT2D eigenvalue weighted by Gasteiger charge is 2.21. The molecule has 4 heteroatoms. The third-order valence-electron chi connectivity index (χ3n) is 2.52. The number of carbonyl (C=O) groups is 1. The van der Waals surface area contributed by atoms with Crippen molar-refractivity contribution >= 4 is 11.6 Å². The van der Waals surface area contributed by atoms with E-state index in [0.29, 0.717) is 5.76 Å². The van der Waals surface area contributed by atoms with Crippen molar-refractivity contribution in [1.82, 2.24) is 4.98 Å². The Kier molecular flexibility index (Phi) is 3.19. The van der Waals surface area contributed by atoms with Crippen LogP contribution in [0.4, 0.5) is 5.69 Å². The number of aromatic nitrogens is 1. The molecule has 0 bridgehead atoms. The van der Waals surface area contributed by atoms with Gasteiger partial charge in [-0.15, -0.1) is 0 Å². The molecule has 0 radical (unpaired) electrons. The van der Waals surface area contributed by atoms with Gasteiger partial charge in [0, 0.05) is 16.7 Å². The van der Waals surface area contributed by atoms with Gasteiger partial charge in [0.2, 0.25) is 5.91 Å². The van der Waals surface area contributed by atoms with Crippen LogP contribution >= 0.6 is 0 Å². The normalized spacial score (nSPS) is 11.3. The van der Waals surface area contributed by atoms with Crippen molar-refractivity contribution in [2.75, 3.05) is 5.32 Å². The van der Waals surface area contributed by atoms with Crippen LogP contribution in [-0.2, 0) is 4.79 Å². The van der Waals surface area contributed by atoms with E-state index < -0.39 is 5.41 Å². The second-order valence-electron chi connectivity index (χ2n) is 5.15. The van der Waals surface area contributed by atoms with Gasteiger partial charge < -0.3 is 9.73 Å². The standard InChI is InChI=1S/C14H16N2O2/c1-14(2,3)13(17)16-11-6-4-5-10(7-11)12-8-15-9-18-12/h4-9H,1-3H3,(H,16,17). The van der Waals surface area contributed by atoms with Crippen LogP contribution in [0.1, 0.15) is 20.8 Å². The average Bonchev–Trinajstić information content (AvgIpc) is 2.81. The van der Waals surface area contributed by atoms with E-state index in [0.717, 1.165) is 11.3 Å². The summed E-state index contributed by atoms with van der Waals surface area (Å²) in [7, 11) is 0. The highest BCUT2D eigenvalue weighted by Crippen LogP contribution is 2.23. The van der Waals surface area contributed by atoms with Crippen LogP contribution in [0.3, 0.4) is 0 Å². The second kappa shape index (κ2) is 4.64. The van der Waals surface area contributed by atoms with Gasteiger partial charge >= 0.3 is 0 Å². The molecule has 1 N–H and O–H groups in total. The fourth-order valence-corrected chi connectivity index (χ4v) is 1.43. The molecule has 0 atom stereocenters. The third kappa shape index (κ3) is 2.77. The minimum absolute atomic E-state index is 0.0165. The second-order valence-corrected chi connectivity index (χ2v) is 5.15. The number of oxazole rings is 1. The maximum atomic E-state index is 11.9. The zero-order chi connectivity index (χ0) is 13.2. The number of hydrogen-bond acceptors (Lipinski definition) is 3. The number of nitrogens with zero attached hydrogens (tertiary/aromatic N) is 1. The summed E-state index contributed by atoms with van der Waals surface area (Å²) in [6, 6.07) is 7.50. The Labute approximate surface area is 106 Å². The molecule has 4 nitrogen and oxygen atoms in total. The van der Waals surface area contributed by atoms with Crippen molar-refractivity contribution in [2.24, 2.45) is 5.41 Å². The van der Waals surface area contributed by atoms with E-state index >= 15 is 0 Å². The van der Waals surface area contributed by atoms with Crippen molar-refractivity contribution in [3.63, 3.8) is 0 Å². The molecule has 0 aliphatic rings. The van der Waals surface area contributed by atoms with E-state index in [1.165, 1.54) is 6.39 Å². The van der Waals surface area contributed by atoms with E-state index in [1.54, 1.807) is 6.20 Å². The molecule has 0 fully saturated rings. The first-order chi connectivity index (χ1) is 8.47. The Morgan fingerprint density at radius 3 is 2.72 bits per heavy atom. The summed E-state index contributed by atoms with van der Waals surface area (Å²) < 4.78 is 5.22. The van der Waals surface area contributed by atoms with E-state index in [4.69, 9.17) is 4.42 Å². The molecule has 1 aromatic heterocycles. The fraction of sp³-hybridized carbons (Fsp3) is 0.286. The number of hydrogen-bond donors (Lipinski definition) is 1. The monoisotopic (exact) mass is 244 g/mol. The SMILES string of the molecule is CC(C)(C)C(=O)Nc1cccc(-c2cnco2)c1. The van der Waals surface area contributed by atoms with Crippen LogP contribution in [0.15, 0.2) is 41.3 Å².